The lowest BCUT2D eigenvalue weighted by molar-refractivity contribution is -0.386. The maximum Gasteiger partial charge on any atom is 0.368 e. The Kier molecular flexibility index (Phi) is 3.11. The van der Waals surface area contributed by atoms with Crippen molar-refractivity contribution < 1.29 is 9.66 Å². The number of aryl methyl sites for hydroxylation is 2. The molecular weight excluding hydrogens is 262 g/mol. The molecule has 0 saturated carbocycles. The van der Waals surface area contributed by atoms with Gasteiger partial charge in [0.05, 0.1) is 10.6 Å². The van der Waals surface area contributed by atoms with Crippen molar-refractivity contribution in [2.24, 2.45) is 7.05 Å². The summed E-state index contributed by atoms with van der Waals surface area (Å²) >= 11 is 5.64. The third kappa shape index (κ3) is 2.23. The second-order valence-corrected chi connectivity index (χ2v) is 3.78. The van der Waals surface area contributed by atoms with Crippen LogP contribution < -0.4 is 4.74 Å². The zero-order chi connectivity index (χ0) is 13.3. The van der Waals surface area contributed by atoms with Crippen LogP contribution in [0.5, 0.6) is 11.8 Å². The molecule has 0 N–H and O–H groups in total. The number of nitrogens with zero attached hydrogens (tertiary/aromatic N) is 5. The Morgan fingerprint density at radius 2 is 2.22 bits per heavy atom. The fraction of sp³-hybridized carbons (Fsp3) is 0.222. The molecule has 18 heavy (non-hydrogen) atoms. The van der Waals surface area contributed by atoms with Gasteiger partial charge in [-0.25, -0.2) is 9.67 Å². The predicted octanol–water partition coefficient (Wildman–Crippen LogP) is 1.87. The molecule has 0 aliphatic heterocycles. The van der Waals surface area contributed by atoms with Gasteiger partial charge in [0.15, 0.2) is 0 Å². The number of nitro groups is 1. The Labute approximate surface area is 106 Å². The first-order valence-corrected chi connectivity index (χ1v) is 5.20. The maximum absolute atomic E-state index is 10.9. The van der Waals surface area contributed by atoms with Crippen molar-refractivity contribution in [2.45, 2.75) is 6.92 Å². The Balaban J connectivity index is 2.43. The highest BCUT2D eigenvalue weighted by molar-refractivity contribution is 6.31. The highest BCUT2D eigenvalue weighted by Gasteiger charge is 2.24. The SMILES string of the molecule is Cc1cc(Oc2ncnc(Cl)c2[N+](=O)[O-])n(C)n1. The molecule has 2 aromatic rings. The molecule has 0 aromatic carbocycles. The van der Waals surface area contributed by atoms with Crippen molar-refractivity contribution in [3.05, 3.63) is 33.4 Å². The van der Waals surface area contributed by atoms with Crippen molar-refractivity contribution in [3.8, 4) is 11.8 Å². The van der Waals surface area contributed by atoms with E-state index in [1.165, 1.54) is 4.68 Å². The smallest absolute Gasteiger partial charge is 0.368 e. The van der Waals surface area contributed by atoms with Crippen molar-refractivity contribution in [1.82, 2.24) is 19.7 Å². The fourth-order valence-corrected chi connectivity index (χ4v) is 1.55. The molecule has 2 rings (SSSR count). The standard InChI is InChI=1S/C9H8ClN5O3/c1-5-3-6(14(2)13-5)18-9-7(15(16)17)8(10)11-4-12-9/h3-4H,1-2H3. The Hall–Kier alpha value is -2.22. The lowest BCUT2D eigenvalue weighted by atomic mass is 10.5. The van der Waals surface area contributed by atoms with Gasteiger partial charge in [-0.1, -0.05) is 11.6 Å². The van der Waals surface area contributed by atoms with Gasteiger partial charge < -0.3 is 4.74 Å². The third-order valence-electron chi connectivity index (χ3n) is 2.09. The van der Waals surface area contributed by atoms with Crippen LogP contribution in [-0.4, -0.2) is 24.7 Å². The minimum atomic E-state index is -0.694. The van der Waals surface area contributed by atoms with Crippen molar-refractivity contribution >= 4 is 17.3 Å². The predicted molar refractivity (Wildman–Crippen MR) is 61.7 cm³/mol. The van der Waals surface area contributed by atoms with Crippen molar-refractivity contribution in [3.63, 3.8) is 0 Å². The van der Waals surface area contributed by atoms with Crippen LogP contribution in [0.1, 0.15) is 5.69 Å². The number of hydrogen-bond donors (Lipinski definition) is 0. The number of aromatic nitrogens is 4. The Morgan fingerprint density at radius 1 is 1.50 bits per heavy atom. The molecule has 0 amide bonds. The van der Waals surface area contributed by atoms with E-state index in [-0.39, 0.29) is 11.0 Å². The van der Waals surface area contributed by atoms with Gasteiger partial charge in [-0.05, 0) is 6.92 Å². The van der Waals surface area contributed by atoms with Crippen LogP contribution in [0.25, 0.3) is 0 Å². The highest BCUT2D eigenvalue weighted by Crippen LogP contribution is 2.33. The zero-order valence-electron chi connectivity index (χ0n) is 9.49. The van der Waals surface area contributed by atoms with Crippen molar-refractivity contribution in [1.29, 1.82) is 0 Å². The van der Waals surface area contributed by atoms with Gasteiger partial charge in [-0.15, -0.1) is 0 Å². The summed E-state index contributed by atoms with van der Waals surface area (Å²) in [5.74, 6) is 0.105. The van der Waals surface area contributed by atoms with Gasteiger partial charge in [-0.2, -0.15) is 10.1 Å². The van der Waals surface area contributed by atoms with Gasteiger partial charge in [0, 0.05) is 13.1 Å². The topological polar surface area (TPSA) is 96.0 Å². The maximum atomic E-state index is 10.9. The van der Waals surface area contributed by atoms with E-state index in [4.69, 9.17) is 16.3 Å². The van der Waals surface area contributed by atoms with Gasteiger partial charge in [-0.3, -0.25) is 10.1 Å². The first-order chi connectivity index (χ1) is 8.49. The van der Waals surface area contributed by atoms with Gasteiger partial charge in [0.1, 0.15) is 6.33 Å². The summed E-state index contributed by atoms with van der Waals surface area (Å²) in [4.78, 5) is 17.4. The lowest BCUT2D eigenvalue weighted by Gasteiger charge is -2.04. The van der Waals surface area contributed by atoms with E-state index in [9.17, 15) is 10.1 Å². The molecule has 2 heterocycles. The van der Waals surface area contributed by atoms with E-state index in [0.717, 1.165) is 12.0 Å². The zero-order valence-corrected chi connectivity index (χ0v) is 10.2. The van der Waals surface area contributed by atoms with Crippen LogP contribution in [0.3, 0.4) is 0 Å². The Morgan fingerprint density at radius 3 is 2.78 bits per heavy atom. The molecule has 0 atom stereocenters. The highest BCUT2D eigenvalue weighted by atomic mass is 35.5. The number of hydrogen-bond acceptors (Lipinski definition) is 6. The van der Waals surface area contributed by atoms with Crippen LogP contribution >= 0.6 is 11.6 Å². The third-order valence-corrected chi connectivity index (χ3v) is 2.36. The number of halogens is 1. The van der Waals surface area contributed by atoms with E-state index >= 15 is 0 Å². The minimum Gasteiger partial charge on any atom is -0.415 e. The molecule has 8 nitrogen and oxygen atoms in total. The molecule has 94 valence electrons. The average Bonchev–Trinajstić information content (AvgIpc) is 2.57. The summed E-state index contributed by atoms with van der Waals surface area (Å²) in [6.45, 7) is 1.77. The van der Waals surface area contributed by atoms with Crippen molar-refractivity contribution in [2.75, 3.05) is 0 Å². The van der Waals surface area contributed by atoms with Crippen LogP contribution in [0.15, 0.2) is 12.4 Å². The summed E-state index contributed by atoms with van der Waals surface area (Å²) < 4.78 is 6.77. The molecule has 2 aromatic heterocycles. The summed E-state index contributed by atoms with van der Waals surface area (Å²) in [7, 11) is 1.65. The summed E-state index contributed by atoms with van der Waals surface area (Å²) in [5, 5.41) is 14.6. The molecule has 0 radical (unpaired) electrons. The summed E-state index contributed by atoms with van der Waals surface area (Å²) in [6, 6.07) is 1.62. The molecule has 0 spiro atoms. The minimum absolute atomic E-state index is 0.219. The van der Waals surface area contributed by atoms with Gasteiger partial charge >= 0.3 is 11.6 Å². The quantitative estimate of drug-likeness (QED) is 0.479. The van der Waals surface area contributed by atoms with E-state index in [2.05, 4.69) is 15.1 Å². The lowest BCUT2D eigenvalue weighted by Crippen LogP contribution is -2.01. The van der Waals surface area contributed by atoms with E-state index in [0.29, 0.717) is 5.88 Å². The fourth-order valence-electron chi connectivity index (χ4n) is 1.35. The number of ether oxygens (including phenoxy) is 1. The van der Waals surface area contributed by atoms with E-state index in [1.807, 2.05) is 0 Å². The van der Waals surface area contributed by atoms with Crippen LogP contribution in [0.4, 0.5) is 5.69 Å². The summed E-state index contributed by atoms with van der Waals surface area (Å²) in [6.07, 6.45) is 1.09. The molecule has 0 fully saturated rings. The molecular formula is C9H8ClN5O3. The molecule has 9 heteroatoms. The molecule has 0 saturated heterocycles. The molecule has 0 bridgehead atoms. The average molecular weight is 270 g/mol. The monoisotopic (exact) mass is 269 g/mol. The largest absolute Gasteiger partial charge is 0.415 e. The van der Waals surface area contributed by atoms with Gasteiger partial charge in [0.2, 0.25) is 11.0 Å². The molecule has 0 unspecified atom stereocenters. The second-order valence-electron chi connectivity index (χ2n) is 3.42. The first-order valence-electron chi connectivity index (χ1n) is 4.82. The second kappa shape index (κ2) is 4.57. The van der Waals surface area contributed by atoms with E-state index < -0.39 is 10.6 Å². The van der Waals surface area contributed by atoms with Crippen LogP contribution in [-0.2, 0) is 7.05 Å². The molecule has 0 aliphatic rings. The van der Waals surface area contributed by atoms with E-state index in [1.54, 1.807) is 20.0 Å². The van der Waals surface area contributed by atoms with Crippen LogP contribution in [0.2, 0.25) is 5.15 Å². The normalized spacial score (nSPS) is 10.4. The molecule has 0 aliphatic carbocycles. The van der Waals surface area contributed by atoms with Gasteiger partial charge in [0.25, 0.3) is 0 Å². The summed E-state index contributed by atoms with van der Waals surface area (Å²) in [5.41, 5.74) is 0.244. The van der Waals surface area contributed by atoms with Crippen LogP contribution in [0, 0.1) is 17.0 Å². The first kappa shape index (κ1) is 12.2. The Bertz CT molecular complexity index is 612. The number of rotatable bonds is 3.